The quantitative estimate of drug-likeness (QED) is 0.231. The molecule has 2 rings (SSSR count). The van der Waals surface area contributed by atoms with Crippen molar-refractivity contribution >= 4 is 52.3 Å². The Hall–Kier alpha value is -2.17. The summed E-state index contributed by atoms with van der Waals surface area (Å²) >= 11 is 12.8. The number of hydrogen-bond donors (Lipinski definition) is 4. The van der Waals surface area contributed by atoms with Crippen LogP contribution in [-0.2, 0) is 9.59 Å². The fourth-order valence-corrected chi connectivity index (χ4v) is 3.13. The molecule has 0 bridgehead atoms. The van der Waals surface area contributed by atoms with Gasteiger partial charge in [0.2, 0.25) is 5.78 Å². The smallest absolute Gasteiger partial charge is 0.360 e. The molecule has 2 unspecified atom stereocenters. The molecule has 0 radical (unpaired) electrons. The molecule has 0 saturated heterocycles. The van der Waals surface area contributed by atoms with E-state index in [1.807, 2.05) is 0 Å². The van der Waals surface area contributed by atoms with Crippen LogP contribution in [0.1, 0.15) is 34.5 Å². The number of alkyl halides is 1. The number of benzene rings is 1. The summed E-state index contributed by atoms with van der Waals surface area (Å²) in [7, 11) is 0. The fraction of sp³-hybridized carbons (Fsp3) is 0.316. The van der Waals surface area contributed by atoms with Crippen LogP contribution in [0, 0.1) is 0 Å². The molecule has 1 aromatic carbocycles. The molecule has 1 heterocycles. The number of ether oxygens (including phenoxy) is 1. The van der Waals surface area contributed by atoms with Crippen LogP contribution in [0.2, 0.25) is 5.02 Å². The Bertz CT molecular complexity index is 848. The maximum Gasteiger partial charge on any atom is 0.360 e. The average molecular weight is 477 g/mol. The topological polar surface area (TPSA) is 153 Å². The van der Waals surface area contributed by atoms with Gasteiger partial charge >= 0.3 is 11.9 Å². The van der Waals surface area contributed by atoms with E-state index in [9.17, 15) is 14.4 Å². The summed E-state index contributed by atoms with van der Waals surface area (Å²) in [6, 6.07) is 7.05. The second kappa shape index (κ2) is 13.2. The molecular formula is C19H22Cl2N2O6S. The Morgan fingerprint density at radius 3 is 2.33 bits per heavy atom. The van der Waals surface area contributed by atoms with Gasteiger partial charge in [-0.05, 0) is 49.0 Å². The number of rotatable bonds is 10. The number of carboxylic acid groups (broad SMARTS) is 2. The molecule has 0 aliphatic rings. The monoisotopic (exact) mass is 476 g/mol. The first-order valence-corrected chi connectivity index (χ1v) is 10.5. The van der Waals surface area contributed by atoms with Crippen molar-refractivity contribution in [1.29, 1.82) is 0 Å². The predicted octanol–water partition coefficient (Wildman–Crippen LogP) is 3.19. The lowest BCUT2D eigenvalue weighted by molar-refractivity contribution is -0.141. The van der Waals surface area contributed by atoms with Crippen molar-refractivity contribution in [2.75, 3.05) is 6.54 Å². The molecule has 8 nitrogen and oxygen atoms in total. The maximum absolute atomic E-state index is 12.1. The van der Waals surface area contributed by atoms with E-state index in [1.54, 1.807) is 17.5 Å². The van der Waals surface area contributed by atoms with Gasteiger partial charge in [-0.15, -0.1) is 11.3 Å². The normalized spacial score (nSPS) is 12.3. The van der Waals surface area contributed by atoms with Crippen LogP contribution in [0.4, 0.5) is 0 Å². The molecular weight excluding hydrogens is 455 g/mol. The number of aliphatic carboxylic acids is 2. The SMILES string of the molecule is NCCCCC(N)C(=O)O.O=C(c1cccs1)c1ccc(OC(Cl)C(=O)O)cc1Cl. The minimum atomic E-state index is -1.51. The number of ketones is 1. The van der Waals surface area contributed by atoms with Crippen LogP contribution in [0.15, 0.2) is 35.7 Å². The third kappa shape index (κ3) is 8.68. The molecule has 30 heavy (non-hydrogen) atoms. The Morgan fingerprint density at radius 1 is 1.13 bits per heavy atom. The largest absolute Gasteiger partial charge is 0.480 e. The van der Waals surface area contributed by atoms with E-state index in [1.165, 1.54) is 29.5 Å². The van der Waals surface area contributed by atoms with Crippen LogP contribution < -0.4 is 16.2 Å². The van der Waals surface area contributed by atoms with E-state index in [0.717, 1.165) is 12.8 Å². The number of carbonyl (C=O) groups is 3. The van der Waals surface area contributed by atoms with Crippen molar-refractivity contribution in [1.82, 2.24) is 0 Å². The van der Waals surface area contributed by atoms with E-state index >= 15 is 0 Å². The Kier molecular flexibility index (Phi) is 11.4. The molecule has 6 N–H and O–H groups in total. The Labute approximate surface area is 187 Å². The molecule has 1 aromatic heterocycles. The molecule has 164 valence electrons. The minimum absolute atomic E-state index is 0.176. The average Bonchev–Trinajstić information content (AvgIpc) is 3.23. The standard InChI is InChI=1S/C13H8Cl2O4S.C6H14N2O2/c14-9-6-7(19-12(15)13(17)18)3-4-8(9)11(16)10-2-1-5-20-10;7-4-2-1-3-5(8)6(9)10/h1-6,12H,(H,17,18);5H,1-4,7-8H2,(H,9,10). The maximum atomic E-state index is 12.1. The van der Waals surface area contributed by atoms with Gasteiger partial charge in [0.05, 0.1) is 9.90 Å². The van der Waals surface area contributed by atoms with Crippen molar-refractivity contribution in [2.45, 2.75) is 30.9 Å². The molecule has 2 aromatic rings. The van der Waals surface area contributed by atoms with Crippen molar-refractivity contribution in [2.24, 2.45) is 11.5 Å². The number of hydrogen-bond acceptors (Lipinski definition) is 7. The molecule has 0 aliphatic carbocycles. The predicted molar refractivity (Wildman–Crippen MR) is 116 cm³/mol. The van der Waals surface area contributed by atoms with E-state index < -0.39 is 23.5 Å². The number of thiophene rings is 1. The zero-order valence-electron chi connectivity index (χ0n) is 15.8. The first-order valence-electron chi connectivity index (χ1n) is 8.77. The lowest BCUT2D eigenvalue weighted by atomic mass is 10.1. The van der Waals surface area contributed by atoms with Gasteiger partial charge in [0.25, 0.3) is 5.56 Å². The van der Waals surface area contributed by atoms with Gasteiger partial charge in [0.15, 0.2) is 0 Å². The second-order valence-corrected chi connectivity index (χ2v) is 7.70. The highest BCUT2D eigenvalue weighted by molar-refractivity contribution is 7.12. The lowest BCUT2D eigenvalue weighted by Gasteiger charge is -2.10. The van der Waals surface area contributed by atoms with E-state index in [-0.39, 0.29) is 16.6 Å². The van der Waals surface area contributed by atoms with Gasteiger partial charge in [-0.2, -0.15) is 0 Å². The number of carbonyl (C=O) groups excluding carboxylic acids is 1. The lowest BCUT2D eigenvalue weighted by Crippen LogP contribution is -2.29. The Balaban J connectivity index is 0.000000382. The van der Waals surface area contributed by atoms with Gasteiger partial charge in [-0.1, -0.05) is 35.7 Å². The van der Waals surface area contributed by atoms with Crippen LogP contribution in [0.5, 0.6) is 5.75 Å². The first-order chi connectivity index (χ1) is 14.2. The minimum Gasteiger partial charge on any atom is -0.480 e. The van der Waals surface area contributed by atoms with Gasteiger partial charge < -0.3 is 26.4 Å². The second-order valence-electron chi connectivity index (χ2n) is 5.95. The van der Waals surface area contributed by atoms with Crippen LogP contribution in [0.3, 0.4) is 0 Å². The number of nitrogens with two attached hydrogens (primary N) is 2. The summed E-state index contributed by atoms with van der Waals surface area (Å²) in [6.45, 7) is 0.604. The van der Waals surface area contributed by atoms with Crippen LogP contribution >= 0.6 is 34.5 Å². The molecule has 0 amide bonds. The third-order valence-electron chi connectivity index (χ3n) is 3.65. The van der Waals surface area contributed by atoms with Gasteiger partial charge in [0.1, 0.15) is 11.8 Å². The van der Waals surface area contributed by atoms with Gasteiger partial charge in [-0.3, -0.25) is 9.59 Å². The Morgan fingerprint density at radius 2 is 1.83 bits per heavy atom. The summed E-state index contributed by atoms with van der Waals surface area (Å²) in [5.41, 5.74) is 9.23. The highest BCUT2D eigenvalue weighted by atomic mass is 35.5. The first kappa shape index (κ1) is 25.9. The summed E-state index contributed by atoms with van der Waals surface area (Å²) in [4.78, 5) is 33.4. The van der Waals surface area contributed by atoms with E-state index in [4.69, 9.17) is 49.6 Å². The molecule has 0 fully saturated rings. The highest BCUT2D eigenvalue weighted by Crippen LogP contribution is 2.27. The summed E-state index contributed by atoms with van der Waals surface area (Å²) < 4.78 is 4.95. The van der Waals surface area contributed by atoms with E-state index in [0.29, 0.717) is 23.4 Å². The van der Waals surface area contributed by atoms with Crippen molar-refractivity contribution in [3.8, 4) is 5.75 Å². The molecule has 0 aliphatic heterocycles. The van der Waals surface area contributed by atoms with Gasteiger partial charge in [0, 0.05) is 5.56 Å². The molecule has 0 saturated carbocycles. The summed E-state index contributed by atoms with van der Waals surface area (Å²) in [6.07, 6.45) is 2.16. The van der Waals surface area contributed by atoms with Crippen molar-refractivity contribution in [3.63, 3.8) is 0 Å². The summed E-state index contributed by atoms with van der Waals surface area (Å²) in [5.74, 6) is -2.25. The van der Waals surface area contributed by atoms with E-state index in [2.05, 4.69) is 0 Å². The molecule has 0 spiro atoms. The zero-order chi connectivity index (χ0) is 22.7. The zero-order valence-corrected chi connectivity index (χ0v) is 18.1. The fourth-order valence-electron chi connectivity index (χ4n) is 2.10. The van der Waals surface area contributed by atoms with Crippen molar-refractivity contribution < 1.29 is 29.3 Å². The highest BCUT2D eigenvalue weighted by Gasteiger charge is 2.18. The van der Waals surface area contributed by atoms with Crippen molar-refractivity contribution in [3.05, 3.63) is 51.2 Å². The van der Waals surface area contributed by atoms with Crippen LogP contribution in [0.25, 0.3) is 0 Å². The summed E-state index contributed by atoms with van der Waals surface area (Å²) in [5, 5.41) is 18.9. The number of carboxylic acids is 2. The number of unbranched alkanes of at least 4 members (excludes halogenated alkanes) is 1. The van der Waals surface area contributed by atoms with Crippen LogP contribution in [-0.4, -0.2) is 46.1 Å². The molecule has 11 heteroatoms. The molecule has 2 atom stereocenters. The van der Waals surface area contributed by atoms with Gasteiger partial charge in [-0.25, -0.2) is 4.79 Å². The number of halogens is 2. The third-order valence-corrected chi connectivity index (χ3v) is 5.11.